The number of carboxylic acids is 1. The van der Waals surface area contributed by atoms with E-state index in [2.05, 4.69) is 58.1 Å². The minimum absolute atomic E-state index is 0.000552. The van der Waals surface area contributed by atoms with E-state index in [4.69, 9.17) is 9.53 Å². The van der Waals surface area contributed by atoms with Crippen LogP contribution in [0.15, 0.2) is 42.0 Å². The fourth-order valence-corrected chi connectivity index (χ4v) is 4.97. The normalized spacial score (nSPS) is 21.4. The van der Waals surface area contributed by atoms with Crippen molar-refractivity contribution in [1.29, 1.82) is 0 Å². The van der Waals surface area contributed by atoms with Gasteiger partial charge in [0.05, 0.1) is 12.5 Å². The Balaban J connectivity index is 2.10. The summed E-state index contributed by atoms with van der Waals surface area (Å²) in [5.74, 6) is -1.11. The van der Waals surface area contributed by atoms with Gasteiger partial charge in [0.2, 0.25) is 0 Å². The van der Waals surface area contributed by atoms with Crippen LogP contribution in [0.4, 0.5) is 0 Å². The fraction of sp³-hybridized carbons (Fsp3) is 0.609. The van der Waals surface area contributed by atoms with E-state index < -0.39 is 20.4 Å². The molecule has 4 nitrogen and oxygen atoms in total. The molecule has 2 rings (SSSR count). The van der Waals surface area contributed by atoms with E-state index in [0.717, 1.165) is 24.8 Å². The van der Waals surface area contributed by atoms with Gasteiger partial charge < -0.3 is 14.6 Å². The van der Waals surface area contributed by atoms with Crippen molar-refractivity contribution in [1.82, 2.24) is 0 Å². The largest absolute Gasteiger partial charge is 0.481 e. The average molecular weight is 405 g/mol. The number of carboxylic acid groups (broad SMARTS) is 1. The van der Waals surface area contributed by atoms with Gasteiger partial charge in [-0.25, -0.2) is 0 Å². The summed E-state index contributed by atoms with van der Waals surface area (Å²) >= 11 is 0. The van der Waals surface area contributed by atoms with Crippen molar-refractivity contribution >= 4 is 14.3 Å². The Labute approximate surface area is 170 Å². The van der Waals surface area contributed by atoms with Crippen LogP contribution in [0, 0.1) is 5.92 Å². The first-order valence-electron chi connectivity index (χ1n) is 10.3. The fourth-order valence-electron chi connectivity index (χ4n) is 3.58. The number of benzene rings is 1. The zero-order valence-electron chi connectivity index (χ0n) is 17.9. The Kier molecular flexibility index (Phi) is 7.65. The highest BCUT2D eigenvalue weighted by molar-refractivity contribution is 6.74. The van der Waals surface area contributed by atoms with Gasteiger partial charge in [-0.2, -0.15) is 0 Å². The van der Waals surface area contributed by atoms with E-state index in [-0.39, 0.29) is 23.5 Å². The quantitative estimate of drug-likeness (QED) is 0.439. The van der Waals surface area contributed by atoms with Crippen LogP contribution in [-0.4, -0.2) is 36.7 Å². The molecule has 0 heterocycles. The van der Waals surface area contributed by atoms with E-state index in [0.29, 0.717) is 6.42 Å². The van der Waals surface area contributed by atoms with Crippen LogP contribution in [0.25, 0.3) is 0 Å². The van der Waals surface area contributed by atoms with Crippen LogP contribution in [-0.2, 0) is 15.6 Å². The molecule has 0 aliphatic heterocycles. The van der Waals surface area contributed by atoms with Crippen LogP contribution in [0.3, 0.4) is 0 Å². The molecule has 0 fully saturated rings. The lowest BCUT2D eigenvalue weighted by atomic mass is 9.91. The first kappa shape index (κ1) is 22.9. The molecular formula is C23H36O4Si. The molecule has 0 radical (unpaired) electrons. The molecule has 5 heteroatoms. The van der Waals surface area contributed by atoms with Crippen LogP contribution in [0.5, 0.6) is 0 Å². The number of aliphatic hydroxyl groups excluding tert-OH is 1. The highest BCUT2D eigenvalue weighted by Gasteiger charge is 2.39. The van der Waals surface area contributed by atoms with E-state index >= 15 is 0 Å². The number of hydrogen-bond acceptors (Lipinski definition) is 3. The third-order valence-corrected chi connectivity index (χ3v) is 10.8. The Morgan fingerprint density at radius 1 is 1.25 bits per heavy atom. The van der Waals surface area contributed by atoms with Gasteiger partial charge in [0, 0.05) is 12.0 Å². The molecule has 1 aliphatic carbocycles. The number of rotatable bonds is 9. The molecular weight excluding hydrogens is 368 g/mol. The molecule has 3 atom stereocenters. The molecule has 28 heavy (non-hydrogen) atoms. The SMILES string of the molecule is CC(C)(C)[Si](C)(C)O[C@@H](CCC1=CC[C@H](O)[C@@H]1CC(=O)O)Cc1ccccc1. The second-order valence-corrected chi connectivity index (χ2v) is 14.3. The van der Waals surface area contributed by atoms with Gasteiger partial charge in [-0.3, -0.25) is 4.79 Å². The van der Waals surface area contributed by atoms with Crippen LogP contribution < -0.4 is 0 Å². The third-order valence-electron chi connectivity index (χ3n) is 6.29. The Hall–Kier alpha value is -1.43. The Bertz CT molecular complexity index is 676. The summed E-state index contributed by atoms with van der Waals surface area (Å²) in [6, 6.07) is 10.4. The number of carbonyl (C=O) groups is 1. The predicted molar refractivity (Wildman–Crippen MR) is 116 cm³/mol. The molecule has 0 aromatic heterocycles. The van der Waals surface area contributed by atoms with Crippen molar-refractivity contribution in [2.45, 2.75) is 83.2 Å². The molecule has 0 unspecified atom stereocenters. The zero-order chi connectivity index (χ0) is 20.9. The molecule has 1 aliphatic rings. The topological polar surface area (TPSA) is 66.8 Å². The summed E-state index contributed by atoms with van der Waals surface area (Å²) in [6.07, 6.45) is 4.58. The highest BCUT2D eigenvalue weighted by atomic mass is 28.4. The number of aliphatic hydroxyl groups is 1. The number of hydrogen-bond donors (Lipinski definition) is 2. The molecule has 1 aromatic carbocycles. The minimum Gasteiger partial charge on any atom is -0.481 e. The maximum Gasteiger partial charge on any atom is 0.304 e. The van der Waals surface area contributed by atoms with Gasteiger partial charge in [-0.05, 0) is 49.4 Å². The molecule has 0 saturated carbocycles. The van der Waals surface area contributed by atoms with Gasteiger partial charge >= 0.3 is 5.97 Å². The summed E-state index contributed by atoms with van der Waals surface area (Å²) in [5, 5.41) is 19.5. The van der Waals surface area contributed by atoms with Crippen molar-refractivity contribution in [2.24, 2.45) is 5.92 Å². The molecule has 156 valence electrons. The lowest BCUT2D eigenvalue weighted by Crippen LogP contribution is -2.44. The maximum atomic E-state index is 11.2. The summed E-state index contributed by atoms with van der Waals surface area (Å²) in [5.41, 5.74) is 2.33. The van der Waals surface area contributed by atoms with Gasteiger partial charge in [0.1, 0.15) is 0 Å². The van der Waals surface area contributed by atoms with Crippen molar-refractivity contribution in [2.75, 3.05) is 0 Å². The van der Waals surface area contributed by atoms with Crippen LogP contribution >= 0.6 is 0 Å². The lowest BCUT2D eigenvalue weighted by Gasteiger charge is -2.39. The Morgan fingerprint density at radius 2 is 1.89 bits per heavy atom. The molecule has 1 aromatic rings. The van der Waals surface area contributed by atoms with Crippen molar-refractivity contribution < 1.29 is 19.4 Å². The molecule has 0 saturated heterocycles. The van der Waals surface area contributed by atoms with Crippen molar-refractivity contribution in [3.05, 3.63) is 47.5 Å². The minimum atomic E-state index is -1.92. The van der Waals surface area contributed by atoms with E-state index in [9.17, 15) is 9.90 Å². The summed E-state index contributed by atoms with van der Waals surface area (Å²) < 4.78 is 6.74. The van der Waals surface area contributed by atoms with Crippen molar-refractivity contribution in [3.8, 4) is 0 Å². The smallest absolute Gasteiger partial charge is 0.304 e. The van der Waals surface area contributed by atoms with Gasteiger partial charge in [-0.1, -0.05) is 62.8 Å². The summed E-state index contributed by atoms with van der Waals surface area (Å²) in [4.78, 5) is 11.2. The molecule has 0 spiro atoms. The first-order valence-corrected chi connectivity index (χ1v) is 13.2. The van der Waals surface area contributed by atoms with Gasteiger partial charge in [0.15, 0.2) is 8.32 Å². The third kappa shape index (κ3) is 6.29. The molecule has 2 N–H and O–H groups in total. The lowest BCUT2D eigenvalue weighted by molar-refractivity contribution is -0.138. The van der Waals surface area contributed by atoms with E-state index in [1.165, 1.54) is 5.56 Å². The monoisotopic (exact) mass is 404 g/mol. The van der Waals surface area contributed by atoms with Gasteiger partial charge in [0.25, 0.3) is 0 Å². The zero-order valence-corrected chi connectivity index (χ0v) is 18.9. The molecule has 0 amide bonds. The van der Waals surface area contributed by atoms with Crippen LogP contribution in [0.2, 0.25) is 18.1 Å². The second-order valence-electron chi connectivity index (χ2n) is 9.52. The number of aliphatic carboxylic acids is 1. The highest BCUT2D eigenvalue weighted by Crippen LogP contribution is 2.39. The van der Waals surface area contributed by atoms with Crippen LogP contribution in [0.1, 0.15) is 52.0 Å². The first-order chi connectivity index (χ1) is 13.0. The van der Waals surface area contributed by atoms with Gasteiger partial charge in [-0.15, -0.1) is 0 Å². The van der Waals surface area contributed by atoms with E-state index in [1.807, 2.05) is 12.1 Å². The summed E-state index contributed by atoms with van der Waals surface area (Å²) in [7, 11) is -1.92. The Morgan fingerprint density at radius 3 is 2.46 bits per heavy atom. The predicted octanol–water partition coefficient (Wildman–Crippen LogP) is 5.18. The van der Waals surface area contributed by atoms with Crippen molar-refractivity contribution in [3.63, 3.8) is 0 Å². The average Bonchev–Trinajstić information content (AvgIpc) is 2.92. The summed E-state index contributed by atoms with van der Waals surface area (Å²) in [6.45, 7) is 11.3. The van der Waals surface area contributed by atoms with E-state index in [1.54, 1.807) is 0 Å². The maximum absolute atomic E-state index is 11.2. The standard InChI is InChI=1S/C23H36O4Si/c1-23(2,3)28(4,5)27-19(15-17-9-7-6-8-10-17)13-11-18-12-14-21(24)20(18)16-22(25)26/h6-10,12,19-21,24H,11,13-16H2,1-5H3,(H,25,26)/t19-,20+,21-/m0/s1. The second kappa shape index (κ2) is 9.38. The molecule has 0 bridgehead atoms.